The highest BCUT2D eigenvalue weighted by atomic mass is 32.2. The zero-order valence-corrected chi connectivity index (χ0v) is 15.1. The molecule has 3 rings (SSSR count). The Hall–Kier alpha value is -1.76. The molecule has 2 amide bonds. The topological polar surface area (TPSA) is 57.7 Å². The first-order chi connectivity index (χ1) is 12.0. The summed E-state index contributed by atoms with van der Waals surface area (Å²) in [6, 6.07) is 5.75. The van der Waals surface area contributed by atoms with Gasteiger partial charge in [0.2, 0.25) is 11.8 Å². The predicted molar refractivity (Wildman–Crippen MR) is 92.8 cm³/mol. The highest BCUT2D eigenvalue weighted by Gasteiger charge is 2.36. The van der Waals surface area contributed by atoms with E-state index in [1.54, 1.807) is 24.0 Å². The van der Waals surface area contributed by atoms with E-state index in [0.29, 0.717) is 37.5 Å². The molecule has 5 nitrogen and oxygen atoms in total. The average Bonchev–Trinajstić information content (AvgIpc) is 3.11. The SMILES string of the molecule is CC(=O)N1CCN(C(=O)C2CCC(S(=O)c3ccc(F)cc3)C2)CC1. The molecule has 0 N–H and O–H groups in total. The molecule has 1 saturated heterocycles. The monoisotopic (exact) mass is 366 g/mol. The van der Waals surface area contributed by atoms with E-state index in [-0.39, 0.29) is 28.8 Å². The van der Waals surface area contributed by atoms with E-state index in [0.717, 1.165) is 12.8 Å². The molecule has 0 radical (unpaired) electrons. The molecule has 0 bridgehead atoms. The van der Waals surface area contributed by atoms with Crippen LogP contribution in [0.25, 0.3) is 0 Å². The fourth-order valence-corrected chi connectivity index (χ4v) is 5.17. The Balaban J connectivity index is 1.55. The van der Waals surface area contributed by atoms with Crippen molar-refractivity contribution in [3.63, 3.8) is 0 Å². The molecule has 136 valence electrons. The normalized spacial score (nSPS) is 25.0. The second-order valence-corrected chi connectivity index (χ2v) is 8.45. The van der Waals surface area contributed by atoms with E-state index in [9.17, 15) is 18.2 Å². The number of amides is 2. The number of carbonyl (C=O) groups is 2. The van der Waals surface area contributed by atoms with Gasteiger partial charge in [0.1, 0.15) is 5.82 Å². The van der Waals surface area contributed by atoms with Gasteiger partial charge in [-0.15, -0.1) is 0 Å². The molecule has 1 aromatic carbocycles. The fraction of sp³-hybridized carbons (Fsp3) is 0.556. The molecule has 3 atom stereocenters. The van der Waals surface area contributed by atoms with Crippen LogP contribution < -0.4 is 0 Å². The molecular weight excluding hydrogens is 343 g/mol. The predicted octanol–water partition coefficient (Wildman–Crippen LogP) is 1.79. The number of rotatable bonds is 3. The molecule has 1 aliphatic carbocycles. The molecule has 3 unspecified atom stereocenters. The van der Waals surface area contributed by atoms with Crippen molar-refractivity contribution >= 4 is 22.6 Å². The smallest absolute Gasteiger partial charge is 0.225 e. The summed E-state index contributed by atoms with van der Waals surface area (Å²) >= 11 is 0. The van der Waals surface area contributed by atoms with Gasteiger partial charge >= 0.3 is 0 Å². The molecule has 0 aromatic heterocycles. The minimum absolute atomic E-state index is 0.0442. The number of hydrogen-bond donors (Lipinski definition) is 0. The van der Waals surface area contributed by atoms with E-state index < -0.39 is 10.8 Å². The molecule has 1 heterocycles. The summed E-state index contributed by atoms with van der Waals surface area (Å²) in [6.45, 7) is 3.85. The van der Waals surface area contributed by atoms with Gasteiger partial charge in [-0.1, -0.05) is 0 Å². The van der Waals surface area contributed by atoms with Gasteiger partial charge < -0.3 is 9.80 Å². The van der Waals surface area contributed by atoms with Gasteiger partial charge in [-0.05, 0) is 43.5 Å². The summed E-state index contributed by atoms with van der Waals surface area (Å²) in [4.78, 5) is 28.3. The van der Waals surface area contributed by atoms with Gasteiger partial charge in [-0.2, -0.15) is 0 Å². The Morgan fingerprint density at radius 3 is 2.24 bits per heavy atom. The molecular formula is C18H23FN2O3S. The Labute approximate surface area is 149 Å². The third kappa shape index (κ3) is 4.08. The summed E-state index contributed by atoms with van der Waals surface area (Å²) in [7, 11) is -1.21. The number of hydrogen-bond acceptors (Lipinski definition) is 3. The minimum Gasteiger partial charge on any atom is -0.339 e. The van der Waals surface area contributed by atoms with Crippen molar-refractivity contribution in [3.05, 3.63) is 30.1 Å². The van der Waals surface area contributed by atoms with Crippen molar-refractivity contribution in [1.82, 2.24) is 9.80 Å². The number of benzene rings is 1. The molecule has 7 heteroatoms. The van der Waals surface area contributed by atoms with Crippen molar-refractivity contribution in [2.75, 3.05) is 26.2 Å². The van der Waals surface area contributed by atoms with Gasteiger partial charge in [0.05, 0.1) is 10.8 Å². The van der Waals surface area contributed by atoms with Gasteiger partial charge in [0.15, 0.2) is 0 Å². The third-order valence-electron chi connectivity index (χ3n) is 5.12. The van der Waals surface area contributed by atoms with E-state index in [1.807, 2.05) is 4.90 Å². The Morgan fingerprint density at radius 2 is 1.64 bits per heavy atom. The first-order valence-corrected chi connectivity index (χ1v) is 9.87. The Bertz CT molecular complexity index is 671. The van der Waals surface area contributed by atoms with Crippen LogP contribution in [0.15, 0.2) is 29.2 Å². The molecule has 2 fully saturated rings. The summed E-state index contributed by atoms with van der Waals surface area (Å²) in [5.74, 6) is -0.285. The highest BCUT2D eigenvalue weighted by molar-refractivity contribution is 7.85. The maximum absolute atomic E-state index is 13.0. The van der Waals surface area contributed by atoms with Crippen molar-refractivity contribution in [2.45, 2.75) is 36.3 Å². The summed E-state index contributed by atoms with van der Waals surface area (Å²) < 4.78 is 25.6. The molecule has 1 saturated carbocycles. The zero-order valence-electron chi connectivity index (χ0n) is 14.3. The van der Waals surface area contributed by atoms with Crippen molar-refractivity contribution in [3.8, 4) is 0 Å². The van der Waals surface area contributed by atoms with Crippen molar-refractivity contribution < 1.29 is 18.2 Å². The van der Waals surface area contributed by atoms with Crippen LogP contribution in [-0.2, 0) is 20.4 Å². The third-order valence-corrected chi connectivity index (χ3v) is 6.89. The summed E-state index contributed by atoms with van der Waals surface area (Å²) in [6.07, 6.45) is 2.09. The standard InChI is InChI=1S/C18H23FN2O3S/c1-13(22)20-8-10-21(11-9-20)18(23)14-2-5-17(12-14)25(24)16-6-3-15(19)4-7-16/h3-4,6-7,14,17H,2,5,8-12H2,1H3. The Kier molecular flexibility index (Phi) is 5.51. The Morgan fingerprint density at radius 1 is 1.04 bits per heavy atom. The molecule has 1 aromatic rings. The first-order valence-electron chi connectivity index (χ1n) is 8.66. The van der Waals surface area contributed by atoms with Crippen LogP contribution in [0.1, 0.15) is 26.2 Å². The van der Waals surface area contributed by atoms with Gasteiger partial charge in [0.25, 0.3) is 0 Å². The highest BCUT2D eigenvalue weighted by Crippen LogP contribution is 2.33. The van der Waals surface area contributed by atoms with E-state index in [2.05, 4.69) is 0 Å². The van der Waals surface area contributed by atoms with E-state index in [1.165, 1.54) is 12.1 Å². The van der Waals surface area contributed by atoms with Crippen LogP contribution >= 0.6 is 0 Å². The first kappa shape index (κ1) is 18.0. The van der Waals surface area contributed by atoms with Crippen LogP contribution in [-0.4, -0.2) is 57.3 Å². The van der Waals surface area contributed by atoms with Crippen LogP contribution in [0.5, 0.6) is 0 Å². The van der Waals surface area contributed by atoms with E-state index >= 15 is 0 Å². The summed E-state index contributed by atoms with van der Waals surface area (Å²) in [5.41, 5.74) is 0. The maximum Gasteiger partial charge on any atom is 0.225 e. The number of nitrogens with zero attached hydrogens (tertiary/aromatic N) is 2. The van der Waals surface area contributed by atoms with Crippen molar-refractivity contribution in [1.29, 1.82) is 0 Å². The quantitative estimate of drug-likeness (QED) is 0.820. The van der Waals surface area contributed by atoms with Gasteiger partial charge in [0, 0.05) is 49.2 Å². The van der Waals surface area contributed by atoms with Crippen molar-refractivity contribution in [2.24, 2.45) is 5.92 Å². The van der Waals surface area contributed by atoms with E-state index in [4.69, 9.17) is 0 Å². The largest absolute Gasteiger partial charge is 0.339 e. The molecule has 1 aliphatic heterocycles. The fourth-order valence-electron chi connectivity index (χ4n) is 3.62. The zero-order chi connectivity index (χ0) is 18.0. The van der Waals surface area contributed by atoms with Crippen LogP contribution in [0.4, 0.5) is 4.39 Å². The van der Waals surface area contributed by atoms with Gasteiger partial charge in [-0.3, -0.25) is 13.8 Å². The van der Waals surface area contributed by atoms with Crippen LogP contribution in [0.2, 0.25) is 0 Å². The lowest BCUT2D eigenvalue weighted by molar-refractivity contribution is -0.141. The lowest BCUT2D eigenvalue weighted by Crippen LogP contribution is -2.51. The van der Waals surface area contributed by atoms with Gasteiger partial charge in [-0.25, -0.2) is 4.39 Å². The second-order valence-electron chi connectivity index (χ2n) is 6.71. The number of halogens is 1. The lowest BCUT2D eigenvalue weighted by Gasteiger charge is -2.35. The summed E-state index contributed by atoms with van der Waals surface area (Å²) in [5, 5.41) is -0.0575. The minimum atomic E-state index is -1.21. The van der Waals surface area contributed by atoms with Crippen LogP contribution in [0.3, 0.4) is 0 Å². The average molecular weight is 366 g/mol. The lowest BCUT2D eigenvalue weighted by atomic mass is 10.1. The molecule has 0 spiro atoms. The second kappa shape index (κ2) is 7.64. The van der Waals surface area contributed by atoms with Crippen LogP contribution in [0, 0.1) is 11.7 Å². The number of carbonyl (C=O) groups excluding carboxylic acids is 2. The number of piperazine rings is 1. The maximum atomic E-state index is 13.0. The molecule has 25 heavy (non-hydrogen) atoms. The molecule has 2 aliphatic rings.